The lowest BCUT2D eigenvalue weighted by Crippen LogP contribution is -2.24. The van der Waals surface area contributed by atoms with Crippen LogP contribution in [0.5, 0.6) is 0 Å². The van der Waals surface area contributed by atoms with Gasteiger partial charge in [0.1, 0.15) is 5.82 Å². The Morgan fingerprint density at radius 3 is 2.73 bits per heavy atom. The summed E-state index contributed by atoms with van der Waals surface area (Å²) >= 11 is 0. The SMILES string of the molecule is NCC1(CNc2ncc(F)cc2F)CC1. The van der Waals surface area contributed by atoms with Crippen molar-refractivity contribution in [3.05, 3.63) is 23.9 Å². The van der Waals surface area contributed by atoms with Gasteiger partial charge in [-0.1, -0.05) is 0 Å². The Hall–Kier alpha value is -1.23. The standard InChI is InChI=1S/C10H13F2N3/c11-7-3-8(12)9(14-4-7)15-6-10(5-13)1-2-10/h3-4H,1-2,5-6,13H2,(H,14,15). The number of hydrogen-bond acceptors (Lipinski definition) is 3. The molecule has 1 aliphatic carbocycles. The summed E-state index contributed by atoms with van der Waals surface area (Å²) in [6.07, 6.45) is 3.10. The number of aromatic nitrogens is 1. The average Bonchev–Trinajstić information content (AvgIpc) is 2.97. The molecule has 15 heavy (non-hydrogen) atoms. The average molecular weight is 213 g/mol. The summed E-state index contributed by atoms with van der Waals surface area (Å²) in [6, 6.07) is 0.817. The highest BCUT2D eigenvalue weighted by Gasteiger charge is 2.41. The fourth-order valence-corrected chi connectivity index (χ4v) is 1.45. The van der Waals surface area contributed by atoms with Crippen molar-refractivity contribution in [2.45, 2.75) is 12.8 Å². The molecular formula is C10H13F2N3. The van der Waals surface area contributed by atoms with Gasteiger partial charge in [0.05, 0.1) is 6.20 Å². The Balaban J connectivity index is 1.99. The molecule has 0 amide bonds. The summed E-state index contributed by atoms with van der Waals surface area (Å²) in [5.74, 6) is -1.24. The molecule has 1 saturated carbocycles. The van der Waals surface area contributed by atoms with Crippen LogP contribution < -0.4 is 11.1 Å². The summed E-state index contributed by atoms with van der Waals surface area (Å²) in [5, 5.41) is 2.86. The maximum Gasteiger partial charge on any atom is 0.168 e. The number of nitrogens with zero attached hydrogens (tertiary/aromatic N) is 1. The van der Waals surface area contributed by atoms with Gasteiger partial charge in [0.15, 0.2) is 11.6 Å². The first-order valence-corrected chi connectivity index (χ1v) is 4.90. The van der Waals surface area contributed by atoms with Gasteiger partial charge in [-0.3, -0.25) is 0 Å². The van der Waals surface area contributed by atoms with Crippen LogP contribution in [0.4, 0.5) is 14.6 Å². The molecule has 0 saturated heterocycles. The van der Waals surface area contributed by atoms with E-state index in [-0.39, 0.29) is 11.2 Å². The summed E-state index contributed by atoms with van der Waals surface area (Å²) in [4.78, 5) is 3.64. The minimum Gasteiger partial charge on any atom is -0.367 e. The van der Waals surface area contributed by atoms with Gasteiger partial charge in [0, 0.05) is 12.6 Å². The third kappa shape index (κ3) is 2.23. The zero-order valence-corrected chi connectivity index (χ0v) is 8.26. The fraction of sp³-hybridized carbons (Fsp3) is 0.500. The number of anilines is 1. The summed E-state index contributed by atoms with van der Waals surface area (Å²) in [7, 11) is 0. The van der Waals surface area contributed by atoms with Gasteiger partial charge >= 0.3 is 0 Å². The highest BCUT2D eigenvalue weighted by Crippen LogP contribution is 2.44. The van der Waals surface area contributed by atoms with Crippen LogP contribution in [-0.4, -0.2) is 18.1 Å². The monoisotopic (exact) mass is 213 g/mol. The van der Waals surface area contributed by atoms with Crippen molar-refractivity contribution >= 4 is 5.82 Å². The van der Waals surface area contributed by atoms with Gasteiger partial charge in [-0.2, -0.15) is 0 Å². The minimum absolute atomic E-state index is 0.0936. The van der Waals surface area contributed by atoms with E-state index in [1.54, 1.807) is 0 Å². The summed E-state index contributed by atoms with van der Waals surface area (Å²) in [5.41, 5.74) is 5.68. The second-order valence-corrected chi connectivity index (χ2v) is 4.04. The molecule has 0 unspecified atom stereocenters. The number of nitrogens with one attached hydrogen (secondary N) is 1. The van der Waals surface area contributed by atoms with Crippen molar-refractivity contribution in [2.75, 3.05) is 18.4 Å². The van der Waals surface area contributed by atoms with E-state index in [4.69, 9.17) is 5.73 Å². The number of hydrogen-bond donors (Lipinski definition) is 2. The lowest BCUT2D eigenvalue weighted by Gasteiger charge is -2.13. The number of nitrogens with two attached hydrogens (primary N) is 1. The molecule has 0 bridgehead atoms. The van der Waals surface area contributed by atoms with Crippen LogP contribution in [0.3, 0.4) is 0 Å². The van der Waals surface area contributed by atoms with Crippen LogP contribution in [0.25, 0.3) is 0 Å². The molecular weight excluding hydrogens is 200 g/mol. The number of halogens is 2. The third-order valence-corrected chi connectivity index (χ3v) is 2.83. The molecule has 3 nitrogen and oxygen atoms in total. The largest absolute Gasteiger partial charge is 0.367 e. The predicted octanol–water partition coefficient (Wildman–Crippen LogP) is 1.51. The van der Waals surface area contributed by atoms with Crippen molar-refractivity contribution in [1.29, 1.82) is 0 Å². The molecule has 0 spiro atoms. The van der Waals surface area contributed by atoms with E-state index >= 15 is 0 Å². The molecule has 1 heterocycles. The Bertz CT molecular complexity index is 364. The van der Waals surface area contributed by atoms with E-state index < -0.39 is 11.6 Å². The third-order valence-electron chi connectivity index (χ3n) is 2.83. The van der Waals surface area contributed by atoms with Crippen molar-refractivity contribution in [3.63, 3.8) is 0 Å². The van der Waals surface area contributed by atoms with Crippen molar-refractivity contribution < 1.29 is 8.78 Å². The van der Waals surface area contributed by atoms with Crippen LogP contribution in [0.1, 0.15) is 12.8 Å². The van der Waals surface area contributed by atoms with Crippen LogP contribution in [0.2, 0.25) is 0 Å². The molecule has 0 atom stereocenters. The van der Waals surface area contributed by atoms with Gasteiger partial charge < -0.3 is 11.1 Å². The van der Waals surface area contributed by atoms with Gasteiger partial charge in [-0.05, 0) is 24.8 Å². The van der Waals surface area contributed by atoms with E-state index in [1.165, 1.54) is 0 Å². The minimum atomic E-state index is -0.669. The van der Waals surface area contributed by atoms with E-state index in [9.17, 15) is 8.78 Å². The smallest absolute Gasteiger partial charge is 0.168 e. The van der Waals surface area contributed by atoms with Crippen LogP contribution >= 0.6 is 0 Å². The molecule has 3 N–H and O–H groups in total. The van der Waals surface area contributed by atoms with Crippen molar-refractivity contribution in [3.8, 4) is 0 Å². The van der Waals surface area contributed by atoms with Gasteiger partial charge in [0.25, 0.3) is 0 Å². The second kappa shape index (κ2) is 3.73. The summed E-state index contributed by atoms with van der Waals surface area (Å²) in [6.45, 7) is 1.18. The van der Waals surface area contributed by atoms with Crippen molar-refractivity contribution in [2.24, 2.45) is 11.1 Å². The first kappa shape index (κ1) is 10.3. The van der Waals surface area contributed by atoms with Crippen LogP contribution in [0.15, 0.2) is 12.3 Å². The maximum atomic E-state index is 13.2. The zero-order valence-electron chi connectivity index (χ0n) is 8.26. The fourth-order valence-electron chi connectivity index (χ4n) is 1.45. The topological polar surface area (TPSA) is 50.9 Å². The van der Waals surface area contributed by atoms with Gasteiger partial charge in [0.2, 0.25) is 0 Å². The molecule has 1 aromatic heterocycles. The number of pyridine rings is 1. The Morgan fingerprint density at radius 2 is 2.20 bits per heavy atom. The molecule has 1 fully saturated rings. The lowest BCUT2D eigenvalue weighted by atomic mass is 10.1. The molecule has 2 rings (SSSR count). The second-order valence-electron chi connectivity index (χ2n) is 4.04. The molecule has 5 heteroatoms. The molecule has 1 aromatic rings. The zero-order chi connectivity index (χ0) is 10.9. The summed E-state index contributed by atoms with van der Waals surface area (Å²) < 4.78 is 25.7. The van der Waals surface area contributed by atoms with E-state index in [1.807, 2.05) is 0 Å². The number of rotatable bonds is 4. The Morgan fingerprint density at radius 1 is 1.47 bits per heavy atom. The highest BCUT2D eigenvalue weighted by molar-refractivity contribution is 5.36. The molecule has 0 radical (unpaired) electrons. The maximum absolute atomic E-state index is 13.2. The molecule has 0 aromatic carbocycles. The first-order chi connectivity index (χ1) is 7.15. The normalized spacial score (nSPS) is 17.5. The first-order valence-electron chi connectivity index (χ1n) is 4.90. The molecule has 1 aliphatic rings. The van der Waals surface area contributed by atoms with E-state index in [2.05, 4.69) is 10.3 Å². The van der Waals surface area contributed by atoms with Crippen LogP contribution in [0, 0.1) is 17.0 Å². The quantitative estimate of drug-likeness (QED) is 0.797. The molecule has 0 aliphatic heterocycles. The molecule has 82 valence electrons. The Labute approximate surface area is 86.7 Å². The van der Waals surface area contributed by atoms with E-state index in [0.717, 1.165) is 25.1 Å². The lowest BCUT2D eigenvalue weighted by molar-refractivity contribution is 0.544. The Kier molecular flexibility index (Phi) is 2.56. The van der Waals surface area contributed by atoms with Gasteiger partial charge in [-0.25, -0.2) is 13.8 Å². The van der Waals surface area contributed by atoms with Gasteiger partial charge in [-0.15, -0.1) is 0 Å². The van der Waals surface area contributed by atoms with Crippen molar-refractivity contribution in [1.82, 2.24) is 4.98 Å². The highest BCUT2D eigenvalue weighted by atomic mass is 19.1. The predicted molar refractivity (Wildman–Crippen MR) is 53.4 cm³/mol. The van der Waals surface area contributed by atoms with Crippen LogP contribution in [-0.2, 0) is 0 Å². The van der Waals surface area contributed by atoms with E-state index in [0.29, 0.717) is 13.1 Å².